The number of alkyl halides is 2. The Hall–Kier alpha value is -4.18. The monoisotopic (exact) mass is 496 g/mol. The van der Waals surface area contributed by atoms with Gasteiger partial charge in [-0.25, -0.2) is 22.7 Å². The number of aromatic nitrogens is 5. The maximum Gasteiger partial charge on any atom is 0.280 e. The van der Waals surface area contributed by atoms with Gasteiger partial charge in [0.25, 0.3) is 12.3 Å². The first-order valence-corrected chi connectivity index (χ1v) is 10.8. The van der Waals surface area contributed by atoms with Gasteiger partial charge < -0.3 is 5.32 Å². The molecular weight excluding hydrogens is 481 g/mol. The zero-order valence-corrected chi connectivity index (χ0v) is 18.6. The molecule has 0 radical (unpaired) electrons. The summed E-state index contributed by atoms with van der Waals surface area (Å²) in [6, 6.07) is 15.9. The summed E-state index contributed by atoms with van der Waals surface area (Å²) in [6.07, 6.45) is -0.175. The lowest BCUT2D eigenvalue weighted by molar-refractivity contribution is 0.102. The summed E-state index contributed by atoms with van der Waals surface area (Å²) in [5.74, 6) is -1.04. The maximum absolute atomic E-state index is 13.8. The van der Waals surface area contributed by atoms with Crippen LogP contribution in [-0.2, 0) is 6.54 Å². The third-order valence-corrected chi connectivity index (χ3v) is 5.52. The van der Waals surface area contributed by atoms with Gasteiger partial charge in [0, 0.05) is 11.8 Å². The number of halogens is 4. The lowest BCUT2D eigenvalue weighted by Gasteiger charge is -2.08. The van der Waals surface area contributed by atoms with E-state index in [2.05, 4.69) is 20.5 Å². The maximum atomic E-state index is 13.8. The van der Waals surface area contributed by atoms with E-state index in [4.69, 9.17) is 11.6 Å². The molecule has 0 bridgehead atoms. The highest BCUT2D eigenvalue weighted by Crippen LogP contribution is 2.28. The van der Waals surface area contributed by atoms with Gasteiger partial charge in [0.2, 0.25) is 0 Å². The minimum absolute atomic E-state index is 0.0514. The van der Waals surface area contributed by atoms with Gasteiger partial charge in [-0.3, -0.25) is 9.48 Å². The standard InChI is InChI=1S/C24H16ClF3N6O/c25-18-13-33(12-14-4-2-1-3-5-14)32-22(18)31-24(35)17-11-29-34-20(21(27)28)10-19(30-23(17)34)15-6-8-16(26)9-7-15/h1-11,13,21H,12H2,(H,31,32,35). The number of fused-ring (bicyclic) bond motifs is 1. The number of carbonyl (C=O) groups excluding carboxylic acids is 1. The van der Waals surface area contributed by atoms with Crippen molar-refractivity contribution in [2.24, 2.45) is 0 Å². The Morgan fingerprint density at radius 3 is 2.54 bits per heavy atom. The van der Waals surface area contributed by atoms with Crippen LogP contribution in [0.1, 0.15) is 28.0 Å². The Bertz CT molecular complexity index is 1520. The second kappa shape index (κ2) is 9.22. The first-order chi connectivity index (χ1) is 16.9. The van der Waals surface area contributed by atoms with Crippen LogP contribution in [0.3, 0.4) is 0 Å². The Balaban J connectivity index is 1.48. The smallest absolute Gasteiger partial charge is 0.280 e. The van der Waals surface area contributed by atoms with E-state index < -0.39 is 23.8 Å². The number of benzene rings is 2. The van der Waals surface area contributed by atoms with E-state index in [1.54, 1.807) is 10.9 Å². The highest BCUT2D eigenvalue weighted by Gasteiger charge is 2.23. The fourth-order valence-corrected chi connectivity index (χ4v) is 3.78. The van der Waals surface area contributed by atoms with Crippen molar-refractivity contribution >= 4 is 29.0 Å². The summed E-state index contributed by atoms with van der Waals surface area (Å²) in [5, 5.41) is 11.0. The second-order valence-electron chi connectivity index (χ2n) is 7.63. The van der Waals surface area contributed by atoms with Crippen LogP contribution in [0.15, 0.2) is 73.1 Å². The van der Waals surface area contributed by atoms with Gasteiger partial charge in [0.1, 0.15) is 22.1 Å². The first-order valence-electron chi connectivity index (χ1n) is 10.4. The quantitative estimate of drug-likeness (QED) is 0.331. The van der Waals surface area contributed by atoms with E-state index in [-0.39, 0.29) is 27.7 Å². The van der Waals surface area contributed by atoms with E-state index in [1.807, 2.05) is 30.3 Å². The number of hydrogen-bond donors (Lipinski definition) is 1. The largest absolute Gasteiger partial charge is 0.304 e. The molecule has 0 saturated heterocycles. The van der Waals surface area contributed by atoms with Crippen molar-refractivity contribution in [3.05, 3.63) is 101 Å². The van der Waals surface area contributed by atoms with Crippen molar-refractivity contribution in [3.8, 4) is 11.3 Å². The van der Waals surface area contributed by atoms with Crippen LogP contribution in [0.25, 0.3) is 16.9 Å². The van der Waals surface area contributed by atoms with Gasteiger partial charge in [0.15, 0.2) is 11.5 Å². The number of hydrogen-bond acceptors (Lipinski definition) is 4. The van der Waals surface area contributed by atoms with Gasteiger partial charge in [0.05, 0.1) is 18.4 Å². The van der Waals surface area contributed by atoms with E-state index in [9.17, 15) is 18.0 Å². The Morgan fingerprint density at radius 2 is 1.83 bits per heavy atom. The Morgan fingerprint density at radius 1 is 1.09 bits per heavy atom. The van der Waals surface area contributed by atoms with Crippen LogP contribution < -0.4 is 5.32 Å². The van der Waals surface area contributed by atoms with Crippen LogP contribution in [-0.4, -0.2) is 30.3 Å². The molecule has 11 heteroatoms. The van der Waals surface area contributed by atoms with E-state index in [1.165, 1.54) is 24.3 Å². The molecule has 0 atom stereocenters. The van der Waals surface area contributed by atoms with E-state index in [0.29, 0.717) is 12.1 Å². The zero-order chi connectivity index (χ0) is 24.5. The second-order valence-corrected chi connectivity index (χ2v) is 8.04. The Labute approximate surface area is 201 Å². The van der Waals surface area contributed by atoms with Crippen molar-refractivity contribution in [1.82, 2.24) is 24.4 Å². The minimum atomic E-state index is -2.89. The van der Waals surface area contributed by atoms with Crippen molar-refractivity contribution in [2.45, 2.75) is 13.0 Å². The summed E-state index contributed by atoms with van der Waals surface area (Å²) in [5.41, 5.74) is 0.949. The number of carbonyl (C=O) groups is 1. The van der Waals surface area contributed by atoms with Crippen LogP contribution in [0.5, 0.6) is 0 Å². The lowest BCUT2D eigenvalue weighted by Crippen LogP contribution is -2.14. The summed E-state index contributed by atoms with van der Waals surface area (Å²) < 4.78 is 43.3. The molecule has 5 aromatic rings. The number of rotatable bonds is 6. The normalized spacial score (nSPS) is 11.3. The molecule has 1 N–H and O–H groups in total. The third-order valence-electron chi connectivity index (χ3n) is 5.24. The molecule has 5 rings (SSSR count). The van der Waals surface area contributed by atoms with Gasteiger partial charge in [-0.15, -0.1) is 0 Å². The van der Waals surface area contributed by atoms with Crippen LogP contribution in [0.2, 0.25) is 5.02 Å². The molecule has 35 heavy (non-hydrogen) atoms. The number of anilines is 1. The molecule has 0 aliphatic rings. The predicted molar refractivity (Wildman–Crippen MR) is 124 cm³/mol. The molecule has 0 aliphatic carbocycles. The van der Waals surface area contributed by atoms with Gasteiger partial charge in [-0.05, 0) is 35.9 Å². The molecule has 0 saturated carbocycles. The summed E-state index contributed by atoms with van der Waals surface area (Å²) in [7, 11) is 0. The first kappa shape index (κ1) is 22.6. The fourth-order valence-electron chi connectivity index (χ4n) is 3.58. The highest BCUT2D eigenvalue weighted by atomic mass is 35.5. The van der Waals surface area contributed by atoms with Crippen LogP contribution >= 0.6 is 11.6 Å². The third kappa shape index (κ3) is 4.60. The molecule has 2 aromatic carbocycles. The fraction of sp³-hybridized carbons (Fsp3) is 0.0833. The summed E-state index contributed by atoms with van der Waals surface area (Å²) >= 11 is 6.26. The zero-order valence-electron chi connectivity index (χ0n) is 17.9. The molecule has 3 aromatic heterocycles. The van der Waals surface area contributed by atoms with Gasteiger partial charge in [-0.2, -0.15) is 10.2 Å². The molecule has 7 nitrogen and oxygen atoms in total. The van der Waals surface area contributed by atoms with E-state index >= 15 is 0 Å². The van der Waals surface area contributed by atoms with E-state index in [0.717, 1.165) is 22.3 Å². The van der Waals surface area contributed by atoms with Crippen LogP contribution in [0, 0.1) is 5.82 Å². The van der Waals surface area contributed by atoms with Crippen molar-refractivity contribution in [2.75, 3.05) is 5.32 Å². The topological polar surface area (TPSA) is 77.1 Å². The number of nitrogens with zero attached hydrogens (tertiary/aromatic N) is 5. The molecule has 0 fully saturated rings. The molecule has 176 valence electrons. The van der Waals surface area contributed by atoms with Gasteiger partial charge in [-0.1, -0.05) is 41.9 Å². The molecule has 0 aliphatic heterocycles. The number of nitrogens with one attached hydrogen (secondary N) is 1. The summed E-state index contributed by atoms with van der Waals surface area (Å²) in [4.78, 5) is 17.4. The molecular formula is C24H16ClF3N6O. The van der Waals surface area contributed by atoms with Crippen molar-refractivity contribution in [3.63, 3.8) is 0 Å². The SMILES string of the molecule is O=C(Nc1nn(Cc2ccccc2)cc1Cl)c1cnn2c(C(F)F)cc(-c3ccc(F)cc3)nc12. The van der Waals surface area contributed by atoms with Crippen molar-refractivity contribution < 1.29 is 18.0 Å². The average molecular weight is 497 g/mol. The van der Waals surface area contributed by atoms with Crippen molar-refractivity contribution in [1.29, 1.82) is 0 Å². The summed E-state index contributed by atoms with van der Waals surface area (Å²) in [6.45, 7) is 0.438. The highest BCUT2D eigenvalue weighted by molar-refractivity contribution is 6.33. The van der Waals surface area contributed by atoms with Crippen LogP contribution in [0.4, 0.5) is 19.0 Å². The molecule has 0 unspecified atom stereocenters. The average Bonchev–Trinajstić information content (AvgIpc) is 3.42. The molecule has 3 heterocycles. The minimum Gasteiger partial charge on any atom is -0.304 e. The Kier molecular flexibility index (Phi) is 5.96. The van der Waals surface area contributed by atoms with Gasteiger partial charge >= 0.3 is 0 Å². The molecule has 0 spiro atoms. The molecule has 1 amide bonds. The predicted octanol–water partition coefficient (Wildman–Crippen LogP) is 5.62. The lowest BCUT2D eigenvalue weighted by atomic mass is 10.1. The number of amides is 1.